The number of aromatic amines is 1. The second-order valence-corrected chi connectivity index (χ2v) is 6.01. The van der Waals surface area contributed by atoms with Gasteiger partial charge in [0.2, 0.25) is 0 Å². The molecule has 1 atom stereocenters. The first kappa shape index (κ1) is 17.1. The molecule has 1 aromatic heterocycles. The minimum Gasteiger partial charge on any atom is -0.497 e. The molecule has 0 amide bonds. The van der Waals surface area contributed by atoms with Crippen LogP contribution in [-0.2, 0) is 9.53 Å². The van der Waals surface area contributed by atoms with Crippen LogP contribution in [0.15, 0.2) is 40.3 Å². The maximum atomic E-state index is 11.8. The summed E-state index contributed by atoms with van der Waals surface area (Å²) in [5.41, 5.74) is 1.06. The van der Waals surface area contributed by atoms with Gasteiger partial charge in [-0.15, -0.1) is 0 Å². The van der Waals surface area contributed by atoms with E-state index in [2.05, 4.69) is 9.97 Å². The van der Waals surface area contributed by atoms with Crippen molar-refractivity contribution in [3.8, 4) is 17.0 Å². The van der Waals surface area contributed by atoms with Gasteiger partial charge < -0.3 is 14.5 Å². The van der Waals surface area contributed by atoms with Gasteiger partial charge in [0.1, 0.15) is 11.0 Å². The number of nitrogens with one attached hydrogen (secondary N) is 1. The number of ether oxygens (including phenoxy) is 2. The Kier molecular flexibility index (Phi) is 5.81. The molecule has 0 fully saturated rings. The third kappa shape index (κ3) is 4.59. The molecule has 0 aliphatic rings. The predicted molar refractivity (Wildman–Crippen MR) is 88.8 cm³/mol. The molecule has 7 heteroatoms. The molecule has 0 bridgehead atoms. The van der Waals surface area contributed by atoms with Crippen molar-refractivity contribution in [3.05, 3.63) is 40.7 Å². The first-order valence-electron chi connectivity index (χ1n) is 7.12. The topological polar surface area (TPSA) is 81.3 Å². The van der Waals surface area contributed by atoms with Crippen molar-refractivity contribution in [2.75, 3.05) is 13.7 Å². The molecule has 0 aliphatic heterocycles. The number of H-pyrrole nitrogens is 1. The van der Waals surface area contributed by atoms with E-state index in [-0.39, 0.29) is 11.5 Å². The summed E-state index contributed by atoms with van der Waals surface area (Å²) in [6.45, 7) is 3.78. The van der Waals surface area contributed by atoms with Gasteiger partial charge >= 0.3 is 5.97 Å². The fraction of sp³-hybridized carbons (Fsp3) is 0.312. The molecule has 122 valence electrons. The summed E-state index contributed by atoms with van der Waals surface area (Å²) in [6, 6.07) is 8.66. The largest absolute Gasteiger partial charge is 0.497 e. The molecule has 1 unspecified atom stereocenters. The molecular weight excluding hydrogens is 316 g/mol. The Labute approximate surface area is 138 Å². The van der Waals surface area contributed by atoms with Crippen LogP contribution in [-0.4, -0.2) is 34.9 Å². The van der Waals surface area contributed by atoms with E-state index in [4.69, 9.17) is 9.47 Å². The zero-order valence-electron chi connectivity index (χ0n) is 13.2. The van der Waals surface area contributed by atoms with Gasteiger partial charge in [-0.3, -0.25) is 9.59 Å². The number of thioether (sulfide) groups is 1. The van der Waals surface area contributed by atoms with Crippen LogP contribution in [0.2, 0.25) is 0 Å². The Morgan fingerprint density at radius 1 is 1.35 bits per heavy atom. The second kappa shape index (κ2) is 7.82. The lowest BCUT2D eigenvalue weighted by atomic mass is 10.1. The standard InChI is InChI=1S/C16H18N2O4S/c1-4-22-15(20)10(2)23-16-17-13(9-14(19)18-16)11-5-7-12(21-3)8-6-11/h5-10H,4H2,1-3H3,(H,17,18,19). The number of esters is 1. The fourth-order valence-corrected chi connectivity index (χ4v) is 2.69. The number of rotatable bonds is 6. The molecule has 2 aromatic rings. The van der Waals surface area contributed by atoms with Crippen LogP contribution >= 0.6 is 11.8 Å². The van der Waals surface area contributed by atoms with Gasteiger partial charge in [-0.05, 0) is 38.1 Å². The molecule has 23 heavy (non-hydrogen) atoms. The maximum Gasteiger partial charge on any atom is 0.319 e. The average Bonchev–Trinajstić information content (AvgIpc) is 2.54. The van der Waals surface area contributed by atoms with E-state index in [1.54, 1.807) is 33.1 Å². The van der Waals surface area contributed by atoms with Crippen molar-refractivity contribution in [2.24, 2.45) is 0 Å². The fourth-order valence-electron chi connectivity index (χ4n) is 1.88. The van der Waals surface area contributed by atoms with Gasteiger partial charge in [0.25, 0.3) is 5.56 Å². The molecule has 2 rings (SSSR count). The van der Waals surface area contributed by atoms with Crippen LogP contribution in [0.5, 0.6) is 5.75 Å². The lowest BCUT2D eigenvalue weighted by molar-refractivity contribution is -0.142. The summed E-state index contributed by atoms with van der Waals surface area (Å²) in [5.74, 6) is 0.388. The Balaban J connectivity index is 2.24. The summed E-state index contributed by atoms with van der Waals surface area (Å²) < 4.78 is 10.1. The van der Waals surface area contributed by atoms with E-state index in [0.717, 1.165) is 23.1 Å². The normalized spacial score (nSPS) is 11.8. The zero-order valence-corrected chi connectivity index (χ0v) is 14.0. The van der Waals surface area contributed by atoms with Crippen molar-refractivity contribution >= 4 is 17.7 Å². The highest BCUT2D eigenvalue weighted by Crippen LogP contribution is 2.24. The van der Waals surface area contributed by atoms with Crippen molar-refractivity contribution in [3.63, 3.8) is 0 Å². The molecule has 1 heterocycles. The molecule has 1 aromatic carbocycles. The monoisotopic (exact) mass is 334 g/mol. The minimum atomic E-state index is -0.454. The van der Waals surface area contributed by atoms with Crippen molar-refractivity contribution in [1.82, 2.24) is 9.97 Å². The zero-order chi connectivity index (χ0) is 16.8. The first-order valence-corrected chi connectivity index (χ1v) is 8.00. The van der Waals surface area contributed by atoms with E-state index in [9.17, 15) is 9.59 Å². The predicted octanol–water partition coefficient (Wildman–Crippen LogP) is 2.49. The van der Waals surface area contributed by atoms with Gasteiger partial charge in [-0.25, -0.2) is 4.98 Å². The van der Waals surface area contributed by atoms with Gasteiger partial charge in [0.05, 0.1) is 19.4 Å². The van der Waals surface area contributed by atoms with Gasteiger partial charge in [0, 0.05) is 11.6 Å². The van der Waals surface area contributed by atoms with Crippen molar-refractivity contribution in [1.29, 1.82) is 0 Å². The smallest absolute Gasteiger partial charge is 0.319 e. The highest BCUT2D eigenvalue weighted by Gasteiger charge is 2.17. The Morgan fingerprint density at radius 2 is 2.04 bits per heavy atom. The van der Waals surface area contributed by atoms with Gasteiger partial charge in [-0.2, -0.15) is 0 Å². The third-order valence-electron chi connectivity index (χ3n) is 3.01. The summed E-state index contributed by atoms with van der Waals surface area (Å²) in [7, 11) is 1.59. The summed E-state index contributed by atoms with van der Waals surface area (Å²) in [6.07, 6.45) is 0. The van der Waals surface area contributed by atoms with E-state index in [1.165, 1.54) is 6.07 Å². The van der Waals surface area contributed by atoms with Crippen LogP contribution in [0, 0.1) is 0 Å². The van der Waals surface area contributed by atoms with E-state index in [0.29, 0.717) is 17.5 Å². The molecule has 1 N–H and O–H groups in total. The highest BCUT2D eigenvalue weighted by molar-refractivity contribution is 8.00. The lowest BCUT2D eigenvalue weighted by Gasteiger charge is -2.10. The van der Waals surface area contributed by atoms with Crippen LogP contribution in [0.25, 0.3) is 11.3 Å². The second-order valence-electron chi connectivity index (χ2n) is 4.68. The number of aromatic nitrogens is 2. The number of benzene rings is 1. The van der Waals surface area contributed by atoms with E-state index in [1.807, 2.05) is 12.1 Å². The number of methoxy groups -OCH3 is 1. The molecule has 0 saturated carbocycles. The summed E-state index contributed by atoms with van der Waals surface area (Å²) in [5, 5.41) is -0.0758. The van der Waals surface area contributed by atoms with Gasteiger partial charge in [0.15, 0.2) is 5.16 Å². The molecule has 0 radical (unpaired) electrons. The number of hydrogen-bond donors (Lipinski definition) is 1. The molecule has 0 aliphatic carbocycles. The molecule has 0 saturated heterocycles. The average molecular weight is 334 g/mol. The van der Waals surface area contributed by atoms with Crippen LogP contribution in [0.3, 0.4) is 0 Å². The lowest BCUT2D eigenvalue weighted by Crippen LogP contribution is -2.18. The Hall–Kier alpha value is -2.28. The van der Waals surface area contributed by atoms with Crippen LogP contribution < -0.4 is 10.3 Å². The quantitative estimate of drug-likeness (QED) is 0.496. The Bertz CT molecular complexity index is 728. The van der Waals surface area contributed by atoms with Crippen molar-refractivity contribution < 1.29 is 14.3 Å². The third-order valence-corrected chi connectivity index (χ3v) is 3.98. The van der Waals surface area contributed by atoms with Crippen LogP contribution in [0.1, 0.15) is 13.8 Å². The van der Waals surface area contributed by atoms with Gasteiger partial charge in [-0.1, -0.05) is 11.8 Å². The molecule has 6 nitrogen and oxygen atoms in total. The first-order chi connectivity index (χ1) is 11.0. The number of hydrogen-bond acceptors (Lipinski definition) is 6. The van der Waals surface area contributed by atoms with Crippen LogP contribution in [0.4, 0.5) is 0 Å². The number of carbonyl (C=O) groups excluding carboxylic acids is 1. The van der Waals surface area contributed by atoms with E-state index >= 15 is 0 Å². The number of carbonyl (C=O) groups is 1. The highest BCUT2D eigenvalue weighted by atomic mass is 32.2. The molecule has 0 spiro atoms. The van der Waals surface area contributed by atoms with Crippen molar-refractivity contribution in [2.45, 2.75) is 24.3 Å². The summed E-state index contributed by atoms with van der Waals surface area (Å²) in [4.78, 5) is 30.5. The SMILES string of the molecule is CCOC(=O)C(C)Sc1nc(-c2ccc(OC)cc2)cc(=O)[nH]1. The maximum absolute atomic E-state index is 11.8. The summed E-state index contributed by atoms with van der Waals surface area (Å²) >= 11 is 1.16. The minimum absolute atomic E-state index is 0.274. The van der Waals surface area contributed by atoms with E-state index < -0.39 is 5.25 Å². The molecular formula is C16H18N2O4S. The Morgan fingerprint density at radius 3 is 2.65 bits per heavy atom. The number of nitrogens with zero attached hydrogens (tertiary/aromatic N) is 1.